The molecule has 0 bridgehead atoms. The van der Waals surface area contributed by atoms with Gasteiger partial charge in [-0.15, -0.1) is 0 Å². The van der Waals surface area contributed by atoms with E-state index < -0.39 is 30.2 Å². The van der Waals surface area contributed by atoms with Crippen molar-refractivity contribution in [2.24, 2.45) is 0 Å². The maximum atomic E-state index is 8.84. The van der Waals surface area contributed by atoms with Gasteiger partial charge in [0.25, 0.3) is 0 Å². The third-order valence-electron chi connectivity index (χ3n) is 10.8. The Morgan fingerprint density at radius 3 is 1.98 bits per heavy atom. The molecule has 12 rings (SSSR count). The summed E-state index contributed by atoms with van der Waals surface area (Å²) in [4.78, 5) is 14.7. The maximum absolute atomic E-state index is 8.84. The van der Waals surface area contributed by atoms with E-state index in [0.717, 1.165) is 65.7 Å². The molecule has 6 nitrogen and oxygen atoms in total. The molecule has 0 fully saturated rings. The molecular formula is C51H30N4O2. The highest BCUT2D eigenvalue weighted by Crippen LogP contribution is 2.40. The summed E-state index contributed by atoms with van der Waals surface area (Å²) in [7, 11) is 0. The van der Waals surface area contributed by atoms with E-state index in [1.807, 2.05) is 66.7 Å². The first-order chi connectivity index (χ1) is 30.3. The summed E-state index contributed by atoms with van der Waals surface area (Å²) in [5, 5.41) is 5.69. The molecule has 4 heterocycles. The monoisotopic (exact) mass is 735 g/mol. The normalized spacial score (nSPS) is 13.1. The highest BCUT2D eigenvalue weighted by atomic mass is 16.3. The number of benzene rings is 8. The summed E-state index contributed by atoms with van der Waals surface area (Å²) in [6.07, 6.45) is 0. The zero-order valence-electron chi connectivity index (χ0n) is 35.0. The van der Waals surface area contributed by atoms with Crippen LogP contribution in [0.4, 0.5) is 0 Å². The van der Waals surface area contributed by atoms with E-state index in [9.17, 15) is 0 Å². The predicted octanol–water partition coefficient (Wildman–Crippen LogP) is 13.4. The van der Waals surface area contributed by atoms with Crippen molar-refractivity contribution in [2.75, 3.05) is 0 Å². The second-order valence-electron chi connectivity index (χ2n) is 14.0. The summed E-state index contributed by atoms with van der Waals surface area (Å²) in [5.74, 6) is 0.467. The molecule has 4 aromatic heterocycles. The van der Waals surface area contributed by atoms with E-state index in [1.165, 1.54) is 0 Å². The van der Waals surface area contributed by atoms with Crippen molar-refractivity contribution < 1.29 is 15.7 Å². The van der Waals surface area contributed by atoms with Gasteiger partial charge in [0.2, 0.25) is 0 Å². The Morgan fingerprint density at radius 1 is 0.404 bits per heavy atom. The van der Waals surface area contributed by atoms with E-state index in [4.69, 9.17) is 30.6 Å². The Morgan fingerprint density at radius 2 is 1.09 bits per heavy atom. The van der Waals surface area contributed by atoms with Crippen molar-refractivity contribution in [2.45, 2.75) is 0 Å². The molecule has 8 aromatic carbocycles. The lowest BCUT2D eigenvalue weighted by atomic mass is 10.0. The quantitative estimate of drug-likeness (QED) is 0.176. The van der Waals surface area contributed by atoms with Crippen molar-refractivity contribution >= 4 is 65.7 Å². The Balaban J connectivity index is 1.06. The standard InChI is InChI=1S/C51H30N4O2/c1-3-12-31(13-4-1)33-22-26-43-40(28-33)36-16-7-9-19-42(36)55(43)35-24-25-38-47(30-35)57-46-21-11-18-39(48(38)46)51-53-49(32-14-5-2-6-15-32)52-50(54-51)34-23-27-45-41(29-34)37-17-8-10-20-44(37)56-45/h1-30H/i2D,5D,6D,14D,15D. The minimum Gasteiger partial charge on any atom is -0.456 e. The van der Waals surface area contributed by atoms with Crippen molar-refractivity contribution in [3.05, 3.63) is 182 Å². The first-order valence-corrected chi connectivity index (χ1v) is 18.6. The van der Waals surface area contributed by atoms with Crippen molar-refractivity contribution in [3.63, 3.8) is 0 Å². The molecule has 0 saturated heterocycles. The van der Waals surface area contributed by atoms with Crippen LogP contribution in [-0.2, 0) is 0 Å². The van der Waals surface area contributed by atoms with Gasteiger partial charge < -0.3 is 13.4 Å². The molecule has 57 heavy (non-hydrogen) atoms. The molecule has 0 saturated carbocycles. The molecular weight excluding hydrogens is 701 g/mol. The molecule has 0 amide bonds. The zero-order valence-corrected chi connectivity index (χ0v) is 30.0. The number of furan rings is 2. The Labute approximate surface area is 332 Å². The Bertz CT molecular complexity index is 3810. The van der Waals surface area contributed by atoms with Gasteiger partial charge in [-0.05, 0) is 71.8 Å². The van der Waals surface area contributed by atoms with Crippen LogP contribution in [0, 0.1) is 0 Å². The molecule has 0 atom stereocenters. The molecule has 0 aliphatic heterocycles. The molecule has 12 aromatic rings. The summed E-state index contributed by atoms with van der Waals surface area (Å²) in [5.41, 5.74) is 9.24. The van der Waals surface area contributed by atoms with E-state index in [-0.39, 0.29) is 23.0 Å². The summed E-state index contributed by atoms with van der Waals surface area (Å²) in [6.45, 7) is 0. The third-order valence-corrected chi connectivity index (χ3v) is 10.8. The average molecular weight is 736 g/mol. The predicted molar refractivity (Wildman–Crippen MR) is 230 cm³/mol. The van der Waals surface area contributed by atoms with E-state index >= 15 is 0 Å². The van der Waals surface area contributed by atoms with Gasteiger partial charge in [0, 0.05) is 60.8 Å². The fourth-order valence-corrected chi connectivity index (χ4v) is 8.17. The topological polar surface area (TPSA) is 69.9 Å². The second-order valence-corrected chi connectivity index (χ2v) is 14.0. The highest BCUT2D eigenvalue weighted by Gasteiger charge is 2.20. The van der Waals surface area contributed by atoms with Gasteiger partial charge in [0.05, 0.1) is 17.9 Å². The first-order valence-electron chi connectivity index (χ1n) is 21.1. The van der Waals surface area contributed by atoms with Gasteiger partial charge in [-0.25, -0.2) is 15.0 Å². The number of nitrogens with zero attached hydrogens (tertiary/aromatic N) is 4. The van der Waals surface area contributed by atoms with Crippen LogP contribution in [0.25, 0.3) is 117 Å². The van der Waals surface area contributed by atoms with Gasteiger partial charge in [-0.1, -0.05) is 115 Å². The molecule has 0 spiro atoms. The molecule has 0 N–H and O–H groups in total. The fourth-order valence-electron chi connectivity index (χ4n) is 8.17. The first kappa shape index (κ1) is 26.9. The van der Waals surface area contributed by atoms with Crippen molar-refractivity contribution in [3.8, 4) is 51.0 Å². The van der Waals surface area contributed by atoms with Gasteiger partial charge in [-0.3, -0.25) is 0 Å². The van der Waals surface area contributed by atoms with Gasteiger partial charge in [0.1, 0.15) is 22.3 Å². The lowest BCUT2D eigenvalue weighted by Gasteiger charge is -2.10. The Kier molecular flexibility index (Phi) is 5.82. The van der Waals surface area contributed by atoms with Crippen LogP contribution in [0.1, 0.15) is 6.85 Å². The van der Waals surface area contributed by atoms with Crippen molar-refractivity contribution in [1.29, 1.82) is 0 Å². The fraction of sp³-hybridized carbons (Fsp3) is 0. The van der Waals surface area contributed by atoms with Crippen LogP contribution in [0.15, 0.2) is 191 Å². The molecule has 0 aliphatic rings. The largest absolute Gasteiger partial charge is 0.456 e. The molecule has 0 radical (unpaired) electrons. The summed E-state index contributed by atoms with van der Waals surface area (Å²) < 4.78 is 57.8. The molecule has 266 valence electrons. The SMILES string of the molecule is [2H]c1c([2H])c([2H])c(-c2nc(-c3ccc4oc5ccccc5c4c3)nc(-c3cccc4oc5cc(-n6c7ccccc7c7cc(-c8ccccc8)ccc76)ccc5c34)n2)c([2H])c1[2H]. The van der Waals surface area contributed by atoms with Crippen LogP contribution >= 0.6 is 0 Å². The van der Waals surface area contributed by atoms with Gasteiger partial charge >= 0.3 is 0 Å². The number of fused-ring (bicyclic) bond motifs is 9. The maximum Gasteiger partial charge on any atom is 0.164 e. The lowest BCUT2D eigenvalue weighted by Crippen LogP contribution is -2.00. The minimum absolute atomic E-state index is 0.0481. The average Bonchev–Trinajstić information content (AvgIpc) is 3.99. The summed E-state index contributed by atoms with van der Waals surface area (Å²) in [6, 6.07) is 48.4. The number of para-hydroxylation sites is 2. The van der Waals surface area contributed by atoms with E-state index in [0.29, 0.717) is 27.9 Å². The zero-order chi connectivity index (χ0) is 41.8. The van der Waals surface area contributed by atoms with E-state index in [1.54, 1.807) is 0 Å². The smallest absolute Gasteiger partial charge is 0.164 e. The van der Waals surface area contributed by atoms with E-state index in [2.05, 4.69) is 89.5 Å². The number of hydrogen-bond donors (Lipinski definition) is 0. The highest BCUT2D eigenvalue weighted by molar-refractivity contribution is 6.14. The van der Waals surface area contributed by atoms with Crippen LogP contribution < -0.4 is 0 Å². The van der Waals surface area contributed by atoms with Crippen LogP contribution in [0.3, 0.4) is 0 Å². The van der Waals surface area contributed by atoms with Crippen LogP contribution in [-0.4, -0.2) is 19.5 Å². The number of rotatable bonds is 5. The van der Waals surface area contributed by atoms with Gasteiger partial charge in [0.15, 0.2) is 17.5 Å². The minimum atomic E-state index is -0.498. The molecule has 0 unspecified atom stereocenters. The third kappa shape index (κ3) is 5.01. The summed E-state index contributed by atoms with van der Waals surface area (Å²) >= 11 is 0. The van der Waals surface area contributed by atoms with Crippen molar-refractivity contribution in [1.82, 2.24) is 19.5 Å². The number of hydrogen-bond acceptors (Lipinski definition) is 5. The van der Waals surface area contributed by atoms with Crippen LogP contribution in [0.2, 0.25) is 0 Å². The molecule has 0 aliphatic carbocycles. The second kappa shape index (κ2) is 12.3. The molecule has 6 heteroatoms. The lowest BCUT2D eigenvalue weighted by molar-refractivity contribution is 0.668. The van der Waals surface area contributed by atoms with Crippen LogP contribution in [0.5, 0.6) is 0 Å². The number of aromatic nitrogens is 4. The van der Waals surface area contributed by atoms with Gasteiger partial charge in [-0.2, -0.15) is 0 Å². The Hall–Kier alpha value is -7.83.